The van der Waals surface area contributed by atoms with E-state index in [2.05, 4.69) is 16.0 Å². The second-order valence-corrected chi connectivity index (χ2v) is 5.94. The highest BCUT2D eigenvalue weighted by Gasteiger charge is 2.41. The molecule has 5 nitrogen and oxygen atoms in total. The Kier molecular flexibility index (Phi) is 4.03. The lowest BCUT2D eigenvalue weighted by Gasteiger charge is -2.39. The molecule has 0 bridgehead atoms. The first kappa shape index (κ1) is 14.6. The molecular formula is C15H18ClN3O2. The maximum absolute atomic E-state index is 9.06. The molecule has 2 heterocycles. The minimum atomic E-state index is -0.358. The second kappa shape index (κ2) is 5.80. The molecule has 0 unspecified atom stereocenters. The Balaban J connectivity index is 1.72. The number of hydrogen-bond acceptors (Lipinski definition) is 5. The molecule has 0 aromatic carbocycles. The number of aromatic nitrogens is 1. The minimum absolute atomic E-state index is 0.336. The average molecular weight is 308 g/mol. The summed E-state index contributed by atoms with van der Waals surface area (Å²) in [6.07, 6.45) is 5.33. The van der Waals surface area contributed by atoms with E-state index in [4.69, 9.17) is 26.3 Å². The molecule has 1 saturated heterocycles. The highest BCUT2D eigenvalue weighted by molar-refractivity contribution is 6.34. The fourth-order valence-corrected chi connectivity index (χ4v) is 3.44. The number of nitriles is 1. The van der Waals surface area contributed by atoms with Gasteiger partial charge in [-0.1, -0.05) is 11.6 Å². The third-order valence-corrected chi connectivity index (χ3v) is 4.78. The van der Waals surface area contributed by atoms with E-state index >= 15 is 0 Å². The lowest BCUT2D eigenvalue weighted by atomic mass is 9.89. The molecule has 0 radical (unpaired) electrons. The number of nitrogens with zero attached hydrogens (tertiary/aromatic N) is 3. The van der Waals surface area contributed by atoms with Crippen molar-refractivity contribution in [3.8, 4) is 6.07 Å². The first-order valence-corrected chi connectivity index (χ1v) is 7.58. The molecule has 6 heteroatoms. The van der Waals surface area contributed by atoms with Crippen molar-refractivity contribution in [1.29, 1.82) is 5.26 Å². The van der Waals surface area contributed by atoms with Gasteiger partial charge in [0.2, 0.25) is 0 Å². The van der Waals surface area contributed by atoms with Gasteiger partial charge in [-0.25, -0.2) is 4.98 Å². The van der Waals surface area contributed by atoms with Gasteiger partial charge >= 0.3 is 0 Å². The van der Waals surface area contributed by atoms with Gasteiger partial charge in [0.1, 0.15) is 16.9 Å². The van der Waals surface area contributed by atoms with Crippen molar-refractivity contribution in [1.82, 2.24) is 4.98 Å². The molecule has 0 amide bonds. The second-order valence-electron chi connectivity index (χ2n) is 5.56. The standard InChI is InChI=1S/C15H18ClN3O2/c1-19(14-13(16)11(10-17)4-7-18-14)12-2-5-15(6-3-12)20-8-9-21-15/h4,7,12H,2-3,5-6,8-9H2,1H3. The molecule has 21 heavy (non-hydrogen) atoms. The van der Waals surface area contributed by atoms with Crippen LogP contribution in [0.4, 0.5) is 5.82 Å². The van der Waals surface area contributed by atoms with E-state index in [-0.39, 0.29) is 5.79 Å². The molecule has 1 saturated carbocycles. The van der Waals surface area contributed by atoms with Crippen molar-refractivity contribution in [3.05, 3.63) is 22.8 Å². The topological polar surface area (TPSA) is 58.4 Å². The molecule has 0 N–H and O–H groups in total. The highest BCUT2D eigenvalue weighted by atomic mass is 35.5. The summed E-state index contributed by atoms with van der Waals surface area (Å²) in [6, 6.07) is 4.06. The van der Waals surface area contributed by atoms with Crippen molar-refractivity contribution in [3.63, 3.8) is 0 Å². The monoisotopic (exact) mass is 307 g/mol. The van der Waals surface area contributed by atoms with Crippen LogP contribution in [0.3, 0.4) is 0 Å². The van der Waals surface area contributed by atoms with Gasteiger partial charge in [0, 0.05) is 32.1 Å². The third-order valence-electron chi connectivity index (χ3n) is 4.40. The van der Waals surface area contributed by atoms with E-state index in [1.807, 2.05) is 7.05 Å². The van der Waals surface area contributed by atoms with Crippen LogP contribution >= 0.6 is 11.6 Å². The van der Waals surface area contributed by atoms with Crippen molar-refractivity contribution in [2.24, 2.45) is 0 Å². The zero-order valence-corrected chi connectivity index (χ0v) is 12.8. The molecule has 1 spiro atoms. The molecule has 1 aromatic heterocycles. The van der Waals surface area contributed by atoms with Gasteiger partial charge in [0.25, 0.3) is 0 Å². The van der Waals surface area contributed by atoms with Crippen LogP contribution < -0.4 is 4.90 Å². The van der Waals surface area contributed by atoms with Crippen molar-refractivity contribution < 1.29 is 9.47 Å². The Morgan fingerprint density at radius 1 is 1.38 bits per heavy atom. The van der Waals surface area contributed by atoms with Gasteiger partial charge in [-0.15, -0.1) is 0 Å². The number of halogens is 1. The van der Waals surface area contributed by atoms with E-state index in [0.29, 0.717) is 35.7 Å². The van der Waals surface area contributed by atoms with E-state index in [1.54, 1.807) is 12.3 Å². The van der Waals surface area contributed by atoms with Crippen LogP contribution in [0.1, 0.15) is 31.2 Å². The summed E-state index contributed by atoms with van der Waals surface area (Å²) in [7, 11) is 1.98. The van der Waals surface area contributed by atoms with Crippen LogP contribution in [0.15, 0.2) is 12.3 Å². The number of pyridine rings is 1. The first-order chi connectivity index (χ1) is 10.2. The molecular weight excluding hydrogens is 290 g/mol. The number of rotatable bonds is 2. The Hall–Kier alpha value is -1.35. The normalized spacial score (nSPS) is 21.4. The molecule has 112 valence electrons. The van der Waals surface area contributed by atoms with Gasteiger partial charge in [0.05, 0.1) is 18.8 Å². The molecule has 2 aliphatic rings. The average Bonchev–Trinajstić information content (AvgIpc) is 2.96. The van der Waals surface area contributed by atoms with E-state index < -0.39 is 0 Å². The minimum Gasteiger partial charge on any atom is -0.355 e. The summed E-state index contributed by atoms with van der Waals surface area (Å²) >= 11 is 6.27. The molecule has 2 fully saturated rings. The van der Waals surface area contributed by atoms with E-state index in [1.165, 1.54) is 0 Å². The number of anilines is 1. The van der Waals surface area contributed by atoms with Crippen molar-refractivity contribution in [2.75, 3.05) is 25.2 Å². The summed E-state index contributed by atoms with van der Waals surface area (Å²) < 4.78 is 11.5. The predicted molar refractivity (Wildman–Crippen MR) is 79.3 cm³/mol. The maximum Gasteiger partial charge on any atom is 0.168 e. The van der Waals surface area contributed by atoms with Crippen LogP contribution in [-0.4, -0.2) is 37.1 Å². The van der Waals surface area contributed by atoms with Crippen LogP contribution in [0.5, 0.6) is 0 Å². The van der Waals surface area contributed by atoms with Crippen LogP contribution in [0.25, 0.3) is 0 Å². The highest BCUT2D eigenvalue weighted by Crippen LogP contribution is 2.38. The maximum atomic E-state index is 9.06. The smallest absolute Gasteiger partial charge is 0.168 e. The van der Waals surface area contributed by atoms with Gasteiger partial charge in [-0.05, 0) is 18.9 Å². The van der Waals surface area contributed by atoms with Gasteiger partial charge < -0.3 is 14.4 Å². The fraction of sp³-hybridized carbons (Fsp3) is 0.600. The largest absolute Gasteiger partial charge is 0.355 e. The summed E-state index contributed by atoms with van der Waals surface area (Å²) in [5.41, 5.74) is 0.461. The van der Waals surface area contributed by atoms with E-state index in [0.717, 1.165) is 25.7 Å². The number of hydrogen-bond donors (Lipinski definition) is 0. The quantitative estimate of drug-likeness (QED) is 0.841. The molecule has 1 aliphatic carbocycles. The fourth-order valence-electron chi connectivity index (χ4n) is 3.15. The van der Waals surface area contributed by atoms with Crippen molar-refractivity contribution >= 4 is 17.4 Å². The molecule has 3 rings (SSSR count). The molecule has 1 aliphatic heterocycles. The lowest BCUT2D eigenvalue weighted by Crippen LogP contribution is -2.43. The van der Waals surface area contributed by atoms with E-state index in [9.17, 15) is 0 Å². The van der Waals surface area contributed by atoms with Crippen LogP contribution in [0.2, 0.25) is 5.02 Å². The SMILES string of the molecule is CN(c1nccc(C#N)c1Cl)C1CCC2(CC1)OCCO2. The Morgan fingerprint density at radius 2 is 2.05 bits per heavy atom. The predicted octanol–water partition coefficient (Wildman–Crippen LogP) is 2.73. The molecule has 0 atom stereocenters. The lowest BCUT2D eigenvalue weighted by molar-refractivity contribution is -0.178. The summed E-state index contributed by atoms with van der Waals surface area (Å²) in [4.78, 5) is 6.41. The third kappa shape index (κ3) is 2.71. The summed E-state index contributed by atoms with van der Waals surface area (Å²) in [5, 5.41) is 9.49. The Labute approximate surface area is 129 Å². The van der Waals surface area contributed by atoms with Crippen LogP contribution in [-0.2, 0) is 9.47 Å². The Bertz CT molecular complexity index is 557. The summed E-state index contributed by atoms with van der Waals surface area (Å²) in [5.74, 6) is 0.313. The zero-order chi connectivity index (χ0) is 14.9. The van der Waals surface area contributed by atoms with Crippen molar-refractivity contribution in [2.45, 2.75) is 37.5 Å². The summed E-state index contributed by atoms with van der Waals surface area (Å²) in [6.45, 7) is 1.39. The molecule has 1 aromatic rings. The Morgan fingerprint density at radius 3 is 2.67 bits per heavy atom. The van der Waals surface area contributed by atoms with Gasteiger partial charge in [-0.3, -0.25) is 0 Å². The first-order valence-electron chi connectivity index (χ1n) is 7.20. The number of ether oxygens (including phenoxy) is 2. The zero-order valence-electron chi connectivity index (χ0n) is 12.0. The van der Waals surface area contributed by atoms with Gasteiger partial charge in [0.15, 0.2) is 5.79 Å². The van der Waals surface area contributed by atoms with Gasteiger partial charge in [-0.2, -0.15) is 5.26 Å². The van der Waals surface area contributed by atoms with Crippen LogP contribution in [0, 0.1) is 11.3 Å².